The maximum Gasteiger partial charge on any atom is 0.207 e. The van der Waals surface area contributed by atoms with Gasteiger partial charge in [0.1, 0.15) is 5.82 Å². The number of hydrogen-bond donors (Lipinski definition) is 1. The van der Waals surface area contributed by atoms with Gasteiger partial charge >= 0.3 is 0 Å². The minimum atomic E-state index is -0.265. The monoisotopic (exact) mass is 176 g/mol. The largest absolute Gasteiger partial charge is 0.362 e. The van der Waals surface area contributed by atoms with Gasteiger partial charge in [-0.05, 0) is 17.7 Å². The summed E-state index contributed by atoms with van der Waals surface area (Å²) in [6.07, 6.45) is 3.87. The van der Waals surface area contributed by atoms with Crippen molar-refractivity contribution in [2.45, 2.75) is 6.54 Å². The third-order valence-corrected chi connectivity index (χ3v) is 1.39. The van der Waals surface area contributed by atoms with Crippen LogP contribution in [0, 0.1) is 17.3 Å². The summed E-state index contributed by atoms with van der Waals surface area (Å²) in [5.41, 5.74) is 0.905. The lowest BCUT2D eigenvalue weighted by Crippen LogP contribution is -2.09. The van der Waals surface area contributed by atoms with Crippen LogP contribution in [0.3, 0.4) is 0 Å². The average Bonchev–Trinajstić information content (AvgIpc) is 2.15. The molecule has 1 aromatic carbocycles. The third kappa shape index (κ3) is 3.34. The first-order valence-electron chi connectivity index (χ1n) is 3.64. The molecule has 0 amide bonds. The van der Waals surface area contributed by atoms with Crippen LogP contribution in [0.4, 0.5) is 4.39 Å². The number of nitrogens with zero attached hydrogens (tertiary/aromatic N) is 2. The molecule has 0 heterocycles. The molecule has 65 valence electrons. The predicted octanol–water partition coefficient (Wildman–Crippen LogP) is 1.30. The summed E-state index contributed by atoms with van der Waals surface area (Å²) in [7, 11) is 0. The average molecular weight is 176 g/mol. The van der Waals surface area contributed by atoms with E-state index < -0.39 is 0 Å². The Morgan fingerprint density at radius 2 is 2.08 bits per heavy atom. The smallest absolute Gasteiger partial charge is 0.207 e. The van der Waals surface area contributed by atoms with Gasteiger partial charge in [-0.2, -0.15) is 10.3 Å². The van der Waals surface area contributed by atoms with Gasteiger partial charge in [0, 0.05) is 6.54 Å². The van der Waals surface area contributed by atoms with E-state index in [4.69, 9.17) is 5.26 Å². The predicted molar refractivity (Wildman–Crippen MR) is 46.3 cm³/mol. The molecule has 0 saturated heterocycles. The van der Waals surface area contributed by atoms with E-state index in [1.807, 2.05) is 0 Å². The van der Waals surface area contributed by atoms with Gasteiger partial charge in [0.05, 0.1) is 0 Å². The van der Waals surface area contributed by atoms with Gasteiger partial charge in [-0.25, -0.2) is 4.39 Å². The molecule has 4 heteroatoms. The molecule has 0 unspecified atom stereocenters. The number of rotatable bonds is 3. The molecule has 0 fully saturated rings. The molecule has 1 aromatic rings. The molecule has 1 rings (SSSR count). The topological polar surface area (TPSA) is 48.2 Å². The Bertz CT molecular complexity index is 324. The van der Waals surface area contributed by atoms with Crippen molar-refractivity contribution in [1.29, 1.82) is 5.26 Å². The quantitative estimate of drug-likeness (QED) is 0.326. The molecule has 0 aliphatic heterocycles. The minimum Gasteiger partial charge on any atom is -0.362 e. The number of nitrogens with one attached hydrogen (secondary N) is 1. The Labute approximate surface area is 75.5 Å². The molecule has 13 heavy (non-hydrogen) atoms. The van der Waals surface area contributed by atoms with Crippen LogP contribution >= 0.6 is 0 Å². The molecule has 1 N–H and O–H groups in total. The fraction of sp³-hybridized carbons (Fsp3) is 0.111. The summed E-state index contributed by atoms with van der Waals surface area (Å²) in [5.74, 6) is -0.265. The Hall–Kier alpha value is -1.89. The Morgan fingerprint density at radius 1 is 1.38 bits per heavy atom. The van der Waals surface area contributed by atoms with Gasteiger partial charge in [0.2, 0.25) is 6.19 Å². The van der Waals surface area contributed by atoms with Crippen LogP contribution in [0.15, 0.2) is 29.3 Å². The number of benzene rings is 1. The highest BCUT2D eigenvalue weighted by Crippen LogP contribution is 2.01. The van der Waals surface area contributed by atoms with Gasteiger partial charge in [-0.15, -0.1) is 0 Å². The van der Waals surface area contributed by atoms with Crippen LogP contribution in [0.1, 0.15) is 5.56 Å². The van der Waals surface area contributed by atoms with Crippen molar-refractivity contribution in [2.75, 3.05) is 0 Å². The van der Waals surface area contributed by atoms with Gasteiger partial charge in [0.25, 0.3) is 0 Å². The van der Waals surface area contributed by atoms with Gasteiger partial charge in [-0.3, -0.25) is 0 Å². The first kappa shape index (κ1) is 9.20. The molecule has 0 aliphatic rings. The second-order valence-corrected chi connectivity index (χ2v) is 2.30. The Morgan fingerprint density at radius 3 is 2.69 bits per heavy atom. The SMILES string of the molecule is N#C/N=[C]\NCc1ccc(F)cc1. The number of hydrogen-bond acceptors (Lipinski definition) is 2. The molecule has 0 spiro atoms. The van der Waals surface area contributed by atoms with Crippen molar-refractivity contribution in [3.8, 4) is 6.19 Å². The highest BCUT2D eigenvalue weighted by Gasteiger charge is 1.91. The first-order chi connectivity index (χ1) is 6.33. The van der Waals surface area contributed by atoms with E-state index in [1.165, 1.54) is 12.1 Å². The van der Waals surface area contributed by atoms with Crippen molar-refractivity contribution >= 4 is 6.34 Å². The van der Waals surface area contributed by atoms with Crippen LogP contribution in [-0.4, -0.2) is 6.34 Å². The molecule has 1 radical (unpaired) electrons. The molecule has 0 aliphatic carbocycles. The summed E-state index contributed by atoms with van der Waals surface area (Å²) in [4.78, 5) is 3.17. The summed E-state index contributed by atoms with van der Waals surface area (Å²) >= 11 is 0. The number of aliphatic imine (C=N–C) groups is 1. The summed E-state index contributed by atoms with van der Waals surface area (Å²) < 4.78 is 12.4. The lowest BCUT2D eigenvalue weighted by Gasteiger charge is -1.98. The fourth-order valence-electron chi connectivity index (χ4n) is 0.808. The summed E-state index contributed by atoms with van der Waals surface area (Å²) in [6.45, 7) is 0.478. The van der Waals surface area contributed by atoms with Gasteiger partial charge in [0.15, 0.2) is 6.34 Å². The van der Waals surface area contributed by atoms with Crippen LogP contribution in [0.5, 0.6) is 0 Å². The fourth-order valence-corrected chi connectivity index (χ4v) is 0.808. The molecule has 0 aromatic heterocycles. The zero-order valence-electron chi connectivity index (χ0n) is 6.79. The van der Waals surface area contributed by atoms with Crippen LogP contribution in [-0.2, 0) is 6.54 Å². The van der Waals surface area contributed by atoms with Crippen molar-refractivity contribution in [3.63, 3.8) is 0 Å². The maximum atomic E-state index is 12.4. The van der Waals surface area contributed by atoms with E-state index in [9.17, 15) is 4.39 Å². The van der Waals surface area contributed by atoms with Gasteiger partial charge < -0.3 is 5.32 Å². The van der Waals surface area contributed by atoms with Gasteiger partial charge in [-0.1, -0.05) is 12.1 Å². The Balaban J connectivity index is 2.42. The normalized spacial score (nSPS) is 9.85. The van der Waals surface area contributed by atoms with E-state index in [-0.39, 0.29) is 5.82 Å². The van der Waals surface area contributed by atoms with E-state index in [0.717, 1.165) is 5.56 Å². The second-order valence-electron chi connectivity index (χ2n) is 2.30. The second kappa shape index (κ2) is 4.88. The zero-order chi connectivity index (χ0) is 9.52. The minimum absolute atomic E-state index is 0.265. The molecular weight excluding hydrogens is 169 g/mol. The lowest BCUT2D eigenvalue weighted by atomic mass is 10.2. The van der Waals surface area contributed by atoms with E-state index in [1.54, 1.807) is 18.3 Å². The number of halogens is 1. The number of nitriles is 1. The van der Waals surface area contributed by atoms with E-state index in [2.05, 4.69) is 16.6 Å². The highest BCUT2D eigenvalue weighted by atomic mass is 19.1. The molecule has 0 atom stereocenters. The van der Waals surface area contributed by atoms with Crippen LogP contribution in [0.25, 0.3) is 0 Å². The lowest BCUT2D eigenvalue weighted by molar-refractivity contribution is 0.627. The molecular formula is C9H7FN3. The highest BCUT2D eigenvalue weighted by molar-refractivity contribution is 5.55. The summed E-state index contributed by atoms with van der Waals surface area (Å²) in [5, 5.41) is 10.7. The van der Waals surface area contributed by atoms with E-state index >= 15 is 0 Å². The standard InChI is InChI=1S/C9H7FN3/c10-9-3-1-8(2-4-9)5-12-7-13-6-11/h1-4H,5H2,(H,12,13). The molecule has 0 saturated carbocycles. The van der Waals surface area contributed by atoms with E-state index in [0.29, 0.717) is 6.54 Å². The van der Waals surface area contributed by atoms with Crippen molar-refractivity contribution in [3.05, 3.63) is 35.6 Å². The maximum absolute atomic E-state index is 12.4. The zero-order valence-corrected chi connectivity index (χ0v) is 6.79. The molecule has 0 bridgehead atoms. The molecule has 3 nitrogen and oxygen atoms in total. The van der Waals surface area contributed by atoms with Crippen molar-refractivity contribution in [1.82, 2.24) is 5.32 Å². The van der Waals surface area contributed by atoms with Crippen molar-refractivity contribution < 1.29 is 4.39 Å². The Kier molecular flexibility index (Phi) is 3.45. The van der Waals surface area contributed by atoms with Crippen molar-refractivity contribution in [2.24, 2.45) is 4.99 Å². The third-order valence-electron chi connectivity index (χ3n) is 1.39. The van der Waals surface area contributed by atoms with Crippen LogP contribution < -0.4 is 5.32 Å². The first-order valence-corrected chi connectivity index (χ1v) is 3.64. The summed E-state index contributed by atoms with van der Waals surface area (Å²) in [6, 6.07) is 6.05. The van der Waals surface area contributed by atoms with Crippen LogP contribution in [0.2, 0.25) is 0 Å².